The van der Waals surface area contributed by atoms with Crippen molar-refractivity contribution in [2.24, 2.45) is 11.3 Å². The van der Waals surface area contributed by atoms with Crippen LogP contribution in [0.5, 0.6) is 0 Å². The molecule has 6 heteroatoms. The molecule has 1 fully saturated rings. The van der Waals surface area contributed by atoms with Crippen LogP contribution < -0.4 is 5.73 Å². The number of rotatable bonds is 11. The summed E-state index contributed by atoms with van der Waals surface area (Å²) in [5.74, 6) is 0.0996. The third-order valence-electron chi connectivity index (χ3n) is 5.11. The lowest BCUT2D eigenvalue weighted by Gasteiger charge is -2.39. The van der Waals surface area contributed by atoms with E-state index in [0.29, 0.717) is 12.8 Å². The first-order chi connectivity index (χ1) is 12.5. The fourth-order valence-corrected chi connectivity index (χ4v) is 3.64. The van der Waals surface area contributed by atoms with Crippen molar-refractivity contribution in [2.75, 3.05) is 6.54 Å². The van der Waals surface area contributed by atoms with Gasteiger partial charge in [-0.2, -0.15) is 0 Å². The molecule has 0 aromatic heterocycles. The van der Waals surface area contributed by atoms with Gasteiger partial charge in [-0.25, -0.2) is 0 Å². The van der Waals surface area contributed by atoms with Crippen molar-refractivity contribution in [2.45, 2.75) is 116 Å². The summed E-state index contributed by atoms with van der Waals surface area (Å²) in [5.41, 5.74) is 4.06. The zero-order chi connectivity index (χ0) is 20.6. The van der Waals surface area contributed by atoms with Gasteiger partial charge in [-0.3, -0.25) is 0 Å². The standard InChI is InChI=1S/C21H43NO5/c1-14(2)19(25)11-16(24)9-15(23)10-17-12-18(13-21(3,4)5)27-20(26-17)7-6-8-22/h14-20,23-25H,6-13,22H2,1-5H3/p+1. The minimum Gasteiger partial charge on any atom is -0.393 e. The molecule has 1 heterocycles. The minimum absolute atomic E-state index is 0.0712. The van der Waals surface area contributed by atoms with E-state index >= 15 is 0 Å². The average Bonchev–Trinajstić information content (AvgIpc) is 2.50. The Morgan fingerprint density at radius 2 is 1.63 bits per heavy atom. The van der Waals surface area contributed by atoms with Crippen LogP contribution in [0.2, 0.25) is 0 Å². The van der Waals surface area contributed by atoms with E-state index in [1.54, 1.807) is 0 Å². The lowest BCUT2D eigenvalue weighted by Crippen LogP contribution is -2.50. The molecule has 1 aliphatic rings. The Bertz CT molecular complexity index is 399. The Balaban J connectivity index is 2.56. The Labute approximate surface area is 165 Å². The largest absolute Gasteiger partial charge is 0.393 e. The molecule has 162 valence electrons. The van der Waals surface area contributed by atoms with E-state index in [-0.39, 0.29) is 36.3 Å². The predicted octanol–water partition coefficient (Wildman–Crippen LogP) is 1.85. The van der Waals surface area contributed by atoms with Gasteiger partial charge in [0, 0.05) is 19.3 Å². The number of hydrogen-bond acceptors (Lipinski definition) is 5. The van der Waals surface area contributed by atoms with E-state index < -0.39 is 18.3 Å². The first-order valence-corrected chi connectivity index (χ1v) is 10.6. The molecular weight excluding hydrogens is 346 g/mol. The molecule has 0 amide bonds. The molecule has 1 saturated heterocycles. The third kappa shape index (κ3) is 10.8. The SMILES string of the molecule is CC(C)C(O)CC(O)CC(O)CC1CC(CC(C)(C)C)OC(CCC[NH3+])O1. The molecule has 1 aliphatic heterocycles. The van der Waals surface area contributed by atoms with Crippen molar-refractivity contribution >= 4 is 0 Å². The summed E-state index contributed by atoms with van der Waals surface area (Å²) < 4.78 is 12.2. The van der Waals surface area contributed by atoms with Gasteiger partial charge in [-0.05, 0) is 37.0 Å². The number of aliphatic hydroxyl groups is 3. The second-order valence-corrected chi connectivity index (χ2v) is 9.77. The summed E-state index contributed by atoms with van der Waals surface area (Å²) in [6.45, 7) is 11.3. The van der Waals surface area contributed by atoms with Gasteiger partial charge in [0.1, 0.15) is 0 Å². The Hall–Kier alpha value is -0.240. The third-order valence-corrected chi connectivity index (χ3v) is 5.11. The topological polar surface area (TPSA) is 107 Å². The summed E-state index contributed by atoms with van der Waals surface area (Å²) >= 11 is 0. The van der Waals surface area contributed by atoms with E-state index in [9.17, 15) is 15.3 Å². The molecule has 0 aromatic carbocycles. The maximum absolute atomic E-state index is 10.4. The number of aliphatic hydroxyl groups excluding tert-OH is 3. The van der Waals surface area contributed by atoms with Crippen LogP contribution in [-0.2, 0) is 9.47 Å². The van der Waals surface area contributed by atoms with Crippen LogP contribution in [0.1, 0.15) is 79.6 Å². The lowest BCUT2D eigenvalue weighted by molar-refractivity contribution is -0.371. The van der Waals surface area contributed by atoms with Crippen LogP contribution in [0.15, 0.2) is 0 Å². The van der Waals surface area contributed by atoms with Crippen LogP contribution in [0.25, 0.3) is 0 Å². The number of hydrogen-bond donors (Lipinski definition) is 4. The van der Waals surface area contributed by atoms with Crippen molar-refractivity contribution in [3.63, 3.8) is 0 Å². The highest BCUT2D eigenvalue weighted by Crippen LogP contribution is 2.32. The summed E-state index contributed by atoms with van der Waals surface area (Å²) in [6, 6.07) is 0. The van der Waals surface area contributed by atoms with Crippen molar-refractivity contribution in [3.8, 4) is 0 Å². The Morgan fingerprint density at radius 3 is 2.19 bits per heavy atom. The van der Waals surface area contributed by atoms with Crippen molar-refractivity contribution < 1.29 is 30.5 Å². The van der Waals surface area contributed by atoms with Gasteiger partial charge in [-0.15, -0.1) is 0 Å². The van der Waals surface area contributed by atoms with E-state index in [2.05, 4.69) is 26.5 Å². The monoisotopic (exact) mass is 390 g/mol. The molecule has 27 heavy (non-hydrogen) atoms. The fraction of sp³-hybridized carbons (Fsp3) is 1.00. The maximum Gasteiger partial charge on any atom is 0.158 e. The van der Waals surface area contributed by atoms with E-state index in [4.69, 9.17) is 9.47 Å². The Morgan fingerprint density at radius 1 is 1.00 bits per heavy atom. The van der Waals surface area contributed by atoms with Gasteiger partial charge >= 0.3 is 0 Å². The maximum atomic E-state index is 10.4. The summed E-state index contributed by atoms with van der Waals surface area (Å²) in [4.78, 5) is 0. The van der Waals surface area contributed by atoms with E-state index in [1.165, 1.54) is 0 Å². The zero-order valence-corrected chi connectivity index (χ0v) is 18.1. The first-order valence-electron chi connectivity index (χ1n) is 10.6. The first kappa shape index (κ1) is 24.8. The van der Waals surface area contributed by atoms with Gasteiger partial charge in [0.05, 0.1) is 37.1 Å². The molecule has 0 radical (unpaired) electrons. The molecule has 0 aliphatic carbocycles. The Kier molecular flexibility index (Phi) is 10.7. The minimum atomic E-state index is -0.704. The molecule has 6 unspecified atom stereocenters. The molecule has 1 rings (SSSR count). The normalized spacial score (nSPS) is 27.6. The van der Waals surface area contributed by atoms with Gasteiger partial charge in [-0.1, -0.05) is 34.6 Å². The smallest absolute Gasteiger partial charge is 0.158 e. The highest BCUT2D eigenvalue weighted by Gasteiger charge is 2.33. The lowest BCUT2D eigenvalue weighted by atomic mass is 9.86. The van der Waals surface area contributed by atoms with Crippen LogP contribution in [0, 0.1) is 11.3 Å². The number of ether oxygens (including phenoxy) is 2. The molecule has 0 saturated carbocycles. The van der Waals surface area contributed by atoms with Crippen molar-refractivity contribution in [1.82, 2.24) is 0 Å². The molecule has 0 bridgehead atoms. The second-order valence-electron chi connectivity index (χ2n) is 9.77. The van der Waals surface area contributed by atoms with Crippen LogP contribution in [-0.4, -0.2) is 58.7 Å². The van der Waals surface area contributed by atoms with E-state index in [0.717, 1.165) is 32.2 Å². The van der Waals surface area contributed by atoms with Gasteiger partial charge < -0.3 is 30.5 Å². The van der Waals surface area contributed by atoms with Gasteiger partial charge in [0.25, 0.3) is 0 Å². The second kappa shape index (κ2) is 11.7. The van der Waals surface area contributed by atoms with Gasteiger partial charge in [0.15, 0.2) is 6.29 Å². The highest BCUT2D eigenvalue weighted by molar-refractivity contribution is 4.80. The summed E-state index contributed by atoms with van der Waals surface area (Å²) in [5, 5.41) is 30.5. The van der Waals surface area contributed by atoms with Crippen molar-refractivity contribution in [3.05, 3.63) is 0 Å². The fourth-order valence-electron chi connectivity index (χ4n) is 3.64. The summed E-state index contributed by atoms with van der Waals surface area (Å²) in [6.07, 6.45) is 2.45. The molecule has 0 aromatic rings. The number of quaternary nitrogens is 1. The van der Waals surface area contributed by atoms with Crippen LogP contribution in [0.4, 0.5) is 0 Å². The van der Waals surface area contributed by atoms with Crippen LogP contribution >= 0.6 is 0 Å². The zero-order valence-electron chi connectivity index (χ0n) is 18.1. The quantitative estimate of drug-likeness (QED) is 0.431. The van der Waals surface area contributed by atoms with Crippen LogP contribution in [0.3, 0.4) is 0 Å². The van der Waals surface area contributed by atoms with E-state index in [1.807, 2.05) is 13.8 Å². The average molecular weight is 391 g/mol. The highest BCUT2D eigenvalue weighted by atomic mass is 16.7. The molecular formula is C21H44NO5+. The van der Waals surface area contributed by atoms with Crippen molar-refractivity contribution in [1.29, 1.82) is 0 Å². The molecule has 6 N–H and O–H groups in total. The summed E-state index contributed by atoms with van der Waals surface area (Å²) in [7, 11) is 0. The molecule has 6 nitrogen and oxygen atoms in total. The molecule has 0 spiro atoms. The van der Waals surface area contributed by atoms with Gasteiger partial charge in [0.2, 0.25) is 0 Å². The predicted molar refractivity (Wildman–Crippen MR) is 106 cm³/mol. The molecule has 6 atom stereocenters.